The molecule has 2 N–H and O–H groups in total. The number of carbonyl (C=O) groups is 3. The summed E-state index contributed by atoms with van der Waals surface area (Å²) in [7, 11) is 0. The Morgan fingerprint density at radius 3 is 1.44 bits per heavy atom. The highest BCUT2D eigenvalue weighted by Gasteiger charge is 2.14. The van der Waals surface area contributed by atoms with E-state index in [-0.39, 0.29) is 24.5 Å². The van der Waals surface area contributed by atoms with Crippen molar-refractivity contribution in [2.45, 2.75) is 219 Å². The lowest BCUT2D eigenvalue weighted by Gasteiger charge is -2.18. The van der Waals surface area contributed by atoms with E-state index < -0.39 is 5.97 Å². The molecule has 6 nitrogen and oxygen atoms in total. The Bertz CT molecular complexity index is 937. The molecule has 0 fully saturated rings. The minimum absolute atomic E-state index is 0.0140. The van der Waals surface area contributed by atoms with E-state index in [4.69, 9.17) is 9.84 Å². The molecule has 0 saturated heterocycles. The van der Waals surface area contributed by atoms with Crippen LogP contribution in [0.3, 0.4) is 0 Å². The van der Waals surface area contributed by atoms with Crippen LogP contribution in [0.25, 0.3) is 0 Å². The highest BCUT2D eigenvalue weighted by atomic mass is 16.5. The van der Waals surface area contributed by atoms with Crippen molar-refractivity contribution in [1.82, 2.24) is 5.32 Å². The molecule has 0 aromatic carbocycles. The minimum Gasteiger partial charge on any atom is -0.480 e. The molecule has 1 amide bonds. The molecule has 52 heavy (non-hydrogen) atoms. The van der Waals surface area contributed by atoms with Crippen LogP contribution in [0.2, 0.25) is 0 Å². The lowest BCUT2D eigenvalue weighted by atomic mass is 10.0. The van der Waals surface area contributed by atoms with Gasteiger partial charge in [-0.3, -0.25) is 14.4 Å². The number of aliphatic carboxylic acids is 1. The van der Waals surface area contributed by atoms with E-state index in [0.29, 0.717) is 12.8 Å². The van der Waals surface area contributed by atoms with E-state index in [1.165, 1.54) is 77.0 Å². The number of ether oxygens (including phenoxy) is 1. The quantitative estimate of drug-likeness (QED) is 0.0373. The van der Waals surface area contributed by atoms with Gasteiger partial charge in [-0.1, -0.05) is 172 Å². The van der Waals surface area contributed by atoms with E-state index >= 15 is 0 Å². The maximum absolute atomic E-state index is 12.8. The Morgan fingerprint density at radius 1 is 0.519 bits per heavy atom. The number of nitrogens with one attached hydrogen (secondary N) is 1. The first-order chi connectivity index (χ1) is 25.5. The molecule has 0 aromatic heterocycles. The van der Waals surface area contributed by atoms with Crippen LogP contribution in [0.15, 0.2) is 48.6 Å². The third kappa shape index (κ3) is 40.1. The maximum Gasteiger partial charge on any atom is 0.322 e. The number of carbonyl (C=O) groups excluding carboxylic acids is 2. The highest BCUT2D eigenvalue weighted by Crippen LogP contribution is 2.19. The topological polar surface area (TPSA) is 92.7 Å². The van der Waals surface area contributed by atoms with Gasteiger partial charge < -0.3 is 15.2 Å². The first-order valence-electron chi connectivity index (χ1n) is 21.8. The zero-order valence-electron chi connectivity index (χ0n) is 33.9. The molecule has 0 aliphatic rings. The summed E-state index contributed by atoms with van der Waals surface area (Å²) in [4.78, 5) is 35.0. The van der Waals surface area contributed by atoms with Crippen LogP contribution < -0.4 is 5.32 Å². The normalized spacial score (nSPS) is 12.5. The van der Waals surface area contributed by atoms with Crippen LogP contribution in [0.5, 0.6) is 0 Å². The summed E-state index contributed by atoms with van der Waals surface area (Å²) in [5.41, 5.74) is 0. The van der Waals surface area contributed by atoms with Gasteiger partial charge in [0.05, 0.1) is 0 Å². The largest absolute Gasteiger partial charge is 0.480 e. The van der Waals surface area contributed by atoms with E-state index in [1.807, 2.05) is 0 Å². The molecule has 6 heteroatoms. The van der Waals surface area contributed by atoms with Gasteiger partial charge in [-0.15, -0.1) is 0 Å². The van der Waals surface area contributed by atoms with E-state index in [1.54, 1.807) is 0 Å². The predicted octanol–water partition coefficient (Wildman–Crippen LogP) is 13.5. The number of amides is 1. The van der Waals surface area contributed by atoms with Gasteiger partial charge >= 0.3 is 11.9 Å². The molecule has 0 radical (unpaired) electrons. The standard InChI is InChI=1S/C46H81NO5/c1-3-5-7-9-11-13-15-17-18-19-20-22-24-26-28-33-37-41-46(51)52-43(39-35-31-29-32-36-40-44(48)47-42-45(49)50)38-34-30-27-25-23-21-16-14-12-10-8-6-4-2/h5,7,11,13,17-18,20,22,43H,3-4,6,8-10,12,14-16,19,21,23-42H2,1-2H3,(H,47,48)(H,49,50)/b7-5-,13-11-,18-17-,22-20-. The van der Waals surface area contributed by atoms with Gasteiger partial charge in [0.25, 0.3) is 0 Å². The molecule has 0 heterocycles. The fourth-order valence-electron chi connectivity index (χ4n) is 6.33. The van der Waals surface area contributed by atoms with E-state index in [0.717, 1.165) is 109 Å². The van der Waals surface area contributed by atoms with E-state index in [2.05, 4.69) is 67.8 Å². The third-order valence-electron chi connectivity index (χ3n) is 9.52. The summed E-state index contributed by atoms with van der Waals surface area (Å²) in [5, 5.41) is 11.1. The monoisotopic (exact) mass is 728 g/mol. The molecule has 1 atom stereocenters. The zero-order valence-corrected chi connectivity index (χ0v) is 33.9. The summed E-state index contributed by atoms with van der Waals surface area (Å²) in [6.07, 6.45) is 52.3. The van der Waals surface area contributed by atoms with Crippen molar-refractivity contribution in [3.05, 3.63) is 48.6 Å². The zero-order chi connectivity index (χ0) is 38.0. The second-order valence-corrected chi connectivity index (χ2v) is 14.6. The lowest BCUT2D eigenvalue weighted by Crippen LogP contribution is -2.28. The smallest absolute Gasteiger partial charge is 0.322 e. The average Bonchev–Trinajstić information content (AvgIpc) is 3.13. The first-order valence-corrected chi connectivity index (χ1v) is 21.8. The van der Waals surface area contributed by atoms with Gasteiger partial charge in [-0.2, -0.15) is 0 Å². The molecular formula is C46H81NO5. The Morgan fingerprint density at radius 2 is 0.942 bits per heavy atom. The second-order valence-electron chi connectivity index (χ2n) is 14.6. The van der Waals surface area contributed by atoms with Crippen molar-refractivity contribution in [2.24, 2.45) is 0 Å². The molecular weight excluding hydrogens is 647 g/mol. The van der Waals surface area contributed by atoms with Crippen LogP contribution in [0, 0.1) is 0 Å². The van der Waals surface area contributed by atoms with Gasteiger partial charge in [-0.05, 0) is 77.0 Å². The fourth-order valence-corrected chi connectivity index (χ4v) is 6.33. The van der Waals surface area contributed by atoms with Gasteiger partial charge in [0.15, 0.2) is 0 Å². The Hall–Kier alpha value is -2.63. The summed E-state index contributed by atoms with van der Waals surface area (Å²) in [6, 6.07) is 0. The van der Waals surface area contributed by atoms with Gasteiger partial charge in [0.1, 0.15) is 12.6 Å². The molecule has 0 aromatic rings. The number of carboxylic acid groups (broad SMARTS) is 1. The molecule has 0 spiro atoms. The molecule has 0 aliphatic carbocycles. The van der Waals surface area contributed by atoms with Gasteiger partial charge in [0, 0.05) is 12.8 Å². The Labute approximate surface area is 320 Å². The van der Waals surface area contributed by atoms with Crippen molar-refractivity contribution in [2.75, 3.05) is 6.54 Å². The van der Waals surface area contributed by atoms with Crippen molar-refractivity contribution >= 4 is 17.8 Å². The Kier molecular flexibility index (Phi) is 39.1. The average molecular weight is 728 g/mol. The molecule has 0 bridgehead atoms. The van der Waals surface area contributed by atoms with Crippen LogP contribution in [0.1, 0.15) is 213 Å². The lowest BCUT2D eigenvalue weighted by molar-refractivity contribution is -0.150. The molecule has 0 saturated carbocycles. The number of allylic oxidation sites excluding steroid dienone is 8. The van der Waals surface area contributed by atoms with Crippen LogP contribution >= 0.6 is 0 Å². The van der Waals surface area contributed by atoms with Gasteiger partial charge in [-0.25, -0.2) is 0 Å². The van der Waals surface area contributed by atoms with Crippen molar-refractivity contribution in [1.29, 1.82) is 0 Å². The molecule has 300 valence electrons. The number of esters is 1. The Balaban J connectivity index is 4.21. The molecule has 0 aliphatic heterocycles. The first kappa shape index (κ1) is 49.4. The molecule has 1 unspecified atom stereocenters. The number of hydrogen-bond donors (Lipinski definition) is 2. The predicted molar refractivity (Wildman–Crippen MR) is 222 cm³/mol. The second kappa shape index (κ2) is 41.1. The number of hydrogen-bond acceptors (Lipinski definition) is 4. The van der Waals surface area contributed by atoms with Crippen molar-refractivity contribution in [3.8, 4) is 0 Å². The number of carboxylic acids is 1. The summed E-state index contributed by atoms with van der Waals surface area (Å²) in [6.45, 7) is 4.12. The van der Waals surface area contributed by atoms with Crippen LogP contribution in [-0.4, -0.2) is 35.6 Å². The van der Waals surface area contributed by atoms with E-state index in [9.17, 15) is 14.4 Å². The SMILES string of the molecule is CC/C=C\C/C=C\C/C=C\C/C=C\CCCCCCC(=O)OC(CCCCCCCCCCCCCCC)CCCCCCCC(=O)NCC(=O)O. The third-order valence-corrected chi connectivity index (χ3v) is 9.52. The fraction of sp³-hybridized carbons (Fsp3) is 0.761. The number of unbranched alkanes of at least 4 members (excludes halogenated alkanes) is 20. The van der Waals surface area contributed by atoms with Crippen LogP contribution in [0.4, 0.5) is 0 Å². The van der Waals surface area contributed by atoms with Gasteiger partial charge in [0.2, 0.25) is 5.91 Å². The number of rotatable bonds is 39. The molecule has 0 rings (SSSR count). The van der Waals surface area contributed by atoms with Crippen molar-refractivity contribution in [3.63, 3.8) is 0 Å². The van der Waals surface area contributed by atoms with Crippen molar-refractivity contribution < 1.29 is 24.2 Å². The summed E-state index contributed by atoms with van der Waals surface area (Å²) >= 11 is 0. The summed E-state index contributed by atoms with van der Waals surface area (Å²) < 4.78 is 6.03. The summed E-state index contributed by atoms with van der Waals surface area (Å²) in [5.74, 6) is -1.25. The maximum atomic E-state index is 12.8. The van der Waals surface area contributed by atoms with Crippen LogP contribution in [-0.2, 0) is 19.1 Å². The highest BCUT2D eigenvalue weighted by molar-refractivity contribution is 5.80. The minimum atomic E-state index is -1.02.